The molecule has 4 nitrogen and oxygen atoms in total. The largest absolute Gasteiger partial charge is 0.248 e. The van der Waals surface area contributed by atoms with E-state index in [0.717, 1.165) is 42.5 Å². The molecule has 1 aromatic heterocycles. The summed E-state index contributed by atoms with van der Waals surface area (Å²) in [6.45, 7) is 0.673. The van der Waals surface area contributed by atoms with Crippen LogP contribution in [0, 0.1) is 17.8 Å². The summed E-state index contributed by atoms with van der Waals surface area (Å²) in [5.74, 6) is 2.42. The molecule has 2 saturated carbocycles. The smallest absolute Gasteiger partial charge is 0.215 e. The van der Waals surface area contributed by atoms with Gasteiger partial charge in [-0.2, -0.15) is 4.31 Å². The number of hydrogen-bond donors (Lipinski definition) is 0. The molecule has 4 atom stereocenters. The van der Waals surface area contributed by atoms with Crippen LogP contribution in [0.5, 0.6) is 0 Å². The molecule has 0 aromatic carbocycles. The van der Waals surface area contributed by atoms with Crippen LogP contribution < -0.4 is 0 Å². The minimum atomic E-state index is -3.14. The van der Waals surface area contributed by atoms with E-state index >= 15 is 0 Å². The average molecular weight is 326 g/mol. The van der Waals surface area contributed by atoms with Crippen molar-refractivity contribution in [2.45, 2.75) is 44.6 Å². The highest BCUT2D eigenvalue weighted by atomic mass is 32.2. The number of nitrogens with zero attached hydrogens (tertiary/aromatic N) is 2. The van der Waals surface area contributed by atoms with E-state index in [9.17, 15) is 8.42 Å². The molecule has 0 radical (unpaired) electrons. The van der Waals surface area contributed by atoms with Crippen LogP contribution in [0.15, 0.2) is 11.6 Å². The van der Waals surface area contributed by atoms with Gasteiger partial charge in [0.25, 0.3) is 0 Å². The van der Waals surface area contributed by atoms with Crippen molar-refractivity contribution in [3.05, 3.63) is 16.6 Å². The first-order valence-electron chi connectivity index (χ1n) is 8.02. The van der Waals surface area contributed by atoms with Crippen LogP contribution in [-0.4, -0.2) is 30.0 Å². The van der Waals surface area contributed by atoms with Gasteiger partial charge < -0.3 is 0 Å². The predicted octanol–water partition coefficient (Wildman–Crippen LogP) is 3.05. The Bertz CT molecular complexity index is 587. The minimum absolute atomic E-state index is 0.00637. The van der Waals surface area contributed by atoms with Crippen molar-refractivity contribution < 1.29 is 8.42 Å². The van der Waals surface area contributed by atoms with Crippen LogP contribution in [-0.2, 0) is 10.0 Å². The Labute approximate surface area is 130 Å². The Balaban J connectivity index is 1.48. The molecular weight excluding hydrogens is 304 g/mol. The molecule has 3 aliphatic rings. The zero-order valence-electron chi connectivity index (χ0n) is 12.1. The van der Waals surface area contributed by atoms with Gasteiger partial charge in [-0.3, -0.25) is 0 Å². The monoisotopic (exact) mass is 326 g/mol. The Morgan fingerprint density at radius 3 is 2.62 bits per heavy atom. The number of sulfonamides is 1. The van der Waals surface area contributed by atoms with E-state index in [1.165, 1.54) is 12.8 Å². The molecule has 4 rings (SSSR count). The fourth-order valence-electron chi connectivity index (χ4n) is 4.46. The summed E-state index contributed by atoms with van der Waals surface area (Å²) in [7, 11) is -3.14. The number of hydrogen-bond acceptors (Lipinski definition) is 4. The van der Waals surface area contributed by atoms with Gasteiger partial charge in [-0.15, -0.1) is 11.3 Å². The number of fused-ring (bicyclic) bond motifs is 1. The maximum absolute atomic E-state index is 12.8. The summed E-state index contributed by atoms with van der Waals surface area (Å²) in [4.78, 5) is 4.34. The molecule has 1 saturated heterocycles. The van der Waals surface area contributed by atoms with E-state index in [1.807, 2.05) is 5.38 Å². The van der Waals surface area contributed by atoms with Crippen LogP contribution >= 0.6 is 11.3 Å². The molecule has 1 aromatic rings. The summed E-state index contributed by atoms with van der Waals surface area (Å²) in [6, 6.07) is -0.00637. The first kappa shape index (κ1) is 14.2. The zero-order valence-corrected chi connectivity index (χ0v) is 13.8. The van der Waals surface area contributed by atoms with E-state index in [2.05, 4.69) is 4.98 Å². The number of thiazole rings is 1. The Hall–Kier alpha value is -0.460. The van der Waals surface area contributed by atoms with Gasteiger partial charge >= 0.3 is 0 Å². The fourth-order valence-corrected chi connectivity index (χ4v) is 7.37. The van der Waals surface area contributed by atoms with E-state index in [0.29, 0.717) is 18.2 Å². The summed E-state index contributed by atoms with van der Waals surface area (Å²) < 4.78 is 27.4. The molecule has 6 heteroatoms. The van der Waals surface area contributed by atoms with Crippen molar-refractivity contribution >= 4 is 21.4 Å². The lowest BCUT2D eigenvalue weighted by molar-refractivity contribution is 0.219. The normalized spacial score (nSPS) is 36.6. The number of aromatic nitrogens is 1. The van der Waals surface area contributed by atoms with Crippen molar-refractivity contribution in [2.24, 2.45) is 17.8 Å². The van der Waals surface area contributed by atoms with Gasteiger partial charge in [0.2, 0.25) is 10.0 Å². The molecule has 2 aliphatic carbocycles. The SMILES string of the molecule is O=S(=O)(CC1C[C@H]2CC[C@H]2C1)N1CCCC1c1nccs1. The number of rotatable bonds is 4. The van der Waals surface area contributed by atoms with Crippen LogP contribution in [0.3, 0.4) is 0 Å². The maximum atomic E-state index is 12.8. The Morgan fingerprint density at radius 1 is 1.24 bits per heavy atom. The van der Waals surface area contributed by atoms with Crippen molar-refractivity contribution in [3.8, 4) is 0 Å². The summed E-state index contributed by atoms with van der Waals surface area (Å²) in [6.07, 6.45) is 8.58. The summed E-state index contributed by atoms with van der Waals surface area (Å²) in [5, 5.41) is 2.90. The lowest BCUT2D eigenvalue weighted by Gasteiger charge is -2.29. The summed E-state index contributed by atoms with van der Waals surface area (Å²) in [5.41, 5.74) is 0. The minimum Gasteiger partial charge on any atom is -0.248 e. The lowest BCUT2D eigenvalue weighted by atomic mass is 9.77. The third kappa shape index (κ3) is 2.55. The lowest BCUT2D eigenvalue weighted by Crippen LogP contribution is -2.34. The van der Waals surface area contributed by atoms with Crippen molar-refractivity contribution in [1.29, 1.82) is 0 Å². The zero-order chi connectivity index (χ0) is 14.4. The van der Waals surface area contributed by atoms with Gasteiger partial charge in [-0.1, -0.05) is 0 Å². The quantitative estimate of drug-likeness (QED) is 0.854. The van der Waals surface area contributed by atoms with Crippen LogP contribution in [0.1, 0.15) is 49.6 Å². The van der Waals surface area contributed by atoms with E-state index in [-0.39, 0.29) is 6.04 Å². The second-order valence-electron chi connectivity index (χ2n) is 6.85. The third-order valence-corrected chi connectivity index (χ3v) is 8.51. The molecule has 3 fully saturated rings. The van der Waals surface area contributed by atoms with Gasteiger partial charge in [0.05, 0.1) is 11.8 Å². The molecule has 1 aliphatic heterocycles. The maximum Gasteiger partial charge on any atom is 0.215 e. The molecule has 0 bridgehead atoms. The highest BCUT2D eigenvalue weighted by molar-refractivity contribution is 7.89. The molecule has 21 heavy (non-hydrogen) atoms. The predicted molar refractivity (Wildman–Crippen MR) is 83.5 cm³/mol. The average Bonchev–Trinajstić information content (AvgIpc) is 3.11. The molecule has 0 spiro atoms. The Morgan fingerprint density at radius 2 is 2.00 bits per heavy atom. The van der Waals surface area contributed by atoms with Gasteiger partial charge in [0.1, 0.15) is 5.01 Å². The molecule has 2 heterocycles. The van der Waals surface area contributed by atoms with E-state index in [4.69, 9.17) is 0 Å². The standard InChI is InChI=1S/C15H22N2O2S2/c18-21(19,10-11-8-12-3-4-13(12)9-11)17-6-1-2-14(17)15-16-5-7-20-15/h5,7,11-14H,1-4,6,8-10H2/t11?,12-,13+,14?. The first-order valence-corrected chi connectivity index (χ1v) is 10.5. The van der Waals surface area contributed by atoms with Gasteiger partial charge in [0, 0.05) is 18.1 Å². The van der Waals surface area contributed by atoms with E-state index < -0.39 is 10.0 Å². The first-order chi connectivity index (χ1) is 10.1. The molecule has 2 unspecified atom stereocenters. The molecular formula is C15H22N2O2S2. The van der Waals surface area contributed by atoms with Crippen molar-refractivity contribution in [2.75, 3.05) is 12.3 Å². The third-order valence-electron chi connectivity index (χ3n) is 5.59. The highest BCUT2D eigenvalue weighted by Crippen LogP contribution is 2.50. The second-order valence-corrected chi connectivity index (χ2v) is 9.74. The van der Waals surface area contributed by atoms with Crippen LogP contribution in [0.4, 0.5) is 0 Å². The van der Waals surface area contributed by atoms with Crippen LogP contribution in [0.2, 0.25) is 0 Å². The summed E-state index contributed by atoms with van der Waals surface area (Å²) >= 11 is 1.58. The van der Waals surface area contributed by atoms with Crippen LogP contribution in [0.25, 0.3) is 0 Å². The van der Waals surface area contributed by atoms with E-state index in [1.54, 1.807) is 21.8 Å². The second kappa shape index (κ2) is 5.32. The van der Waals surface area contributed by atoms with Gasteiger partial charge in [-0.25, -0.2) is 13.4 Å². The highest BCUT2D eigenvalue weighted by Gasteiger charge is 2.44. The van der Waals surface area contributed by atoms with Gasteiger partial charge in [0.15, 0.2) is 0 Å². The van der Waals surface area contributed by atoms with Gasteiger partial charge in [-0.05, 0) is 56.3 Å². The van der Waals surface area contributed by atoms with Crippen molar-refractivity contribution in [1.82, 2.24) is 9.29 Å². The fraction of sp³-hybridized carbons (Fsp3) is 0.800. The topological polar surface area (TPSA) is 50.3 Å². The molecule has 116 valence electrons. The molecule has 0 N–H and O–H groups in total. The Kier molecular flexibility index (Phi) is 3.58. The molecule has 0 amide bonds. The van der Waals surface area contributed by atoms with Crippen molar-refractivity contribution in [3.63, 3.8) is 0 Å².